The molecule has 0 radical (unpaired) electrons. The van der Waals surface area contributed by atoms with Crippen LogP contribution in [0.2, 0.25) is 0 Å². The standard InChI is InChI=1S/C14H23NO/c1-9(16)11-3-2-6-14(8-11)12-5-4-10(7-12)13(14)15/h10-13H,2-8,15H2,1H3/t10-,11-,12+,13+,14+/m0/s1. The molecule has 3 rings (SSSR count). The molecule has 0 unspecified atom stereocenters. The number of ketones is 1. The number of fused-ring (bicyclic) bond motifs is 3. The van der Waals surface area contributed by atoms with Crippen molar-refractivity contribution < 1.29 is 4.79 Å². The van der Waals surface area contributed by atoms with E-state index in [1.165, 1.54) is 32.1 Å². The molecule has 1 spiro atoms. The summed E-state index contributed by atoms with van der Waals surface area (Å²) in [5.74, 6) is 2.33. The first-order chi connectivity index (χ1) is 7.63. The number of rotatable bonds is 1. The van der Waals surface area contributed by atoms with Crippen molar-refractivity contribution in [1.29, 1.82) is 0 Å². The largest absolute Gasteiger partial charge is 0.327 e. The lowest BCUT2D eigenvalue weighted by Gasteiger charge is -2.47. The van der Waals surface area contributed by atoms with Crippen LogP contribution in [0.3, 0.4) is 0 Å². The van der Waals surface area contributed by atoms with Gasteiger partial charge in [0.25, 0.3) is 0 Å². The molecule has 3 saturated carbocycles. The summed E-state index contributed by atoms with van der Waals surface area (Å²) in [6.45, 7) is 1.77. The first kappa shape index (κ1) is 10.8. The predicted octanol–water partition coefficient (Wildman–Crippen LogP) is 2.51. The number of Topliss-reactive ketones (excluding diaryl/α,β-unsaturated/α-hetero) is 1. The van der Waals surface area contributed by atoms with E-state index in [4.69, 9.17) is 5.73 Å². The summed E-state index contributed by atoms with van der Waals surface area (Å²) in [7, 11) is 0. The molecule has 0 aromatic rings. The highest BCUT2D eigenvalue weighted by Gasteiger charge is 2.57. The lowest BCUT2D eigenvalue weighted by Crippen LogP contribution is -2.49. The van der Waals surface area contributed by atoms with Crippen LogP contribution in [0, 0.1) is 23.2 Å². The molecule has 3 fully saturated rings. The number of carbonyl (C=O) groups is 1. The molecule has 2 nitrogen and oxygen atoms in total. The maximum atomic E-state index is 11.6. The van der Waals surface area contributed by atoms with E-state index in [0.717, 1.165) is 24.7 Å². The average molecular weight is 221 g/mol. The molecule has 3 aliphatic carbocycles. The third kappa shape index (κ3) is 1.32. The Labute approximate surface area is 98.0 Å². The monoisotopic (exact) mass is 221 g/mol. The van der Waals surface area contributed by atoms with Gasteiger partial charge in [0.1, 0.15) is 5.78 Å². The molecular weight excluding hydrogens is 198 g/mol. The SMILES string of the molecule is CC(=O)[C@H]1CCC[C@@]2(C1)[C@@H]1CC[C@@H](C1)[C@H]2N. The van der Waals surface area contributed by atoms with Gasteiger partial charge in [-0.15, -0.1) is 0 Å². The summed E-state index contributed by atoms with van der Waals surface area (Å²) in [5, 5.41) is 0. The highest BCUT2D eigenvalue weighted by atomic mass is 16.1. The van der Waals surface area contributed by atoms with E-state index < -0.39 is 0 Å². The van der Waals surface area contributed by atoms with Crippen molar-refractivity contribution in [3.63, 3.8) is 0 Å². The molecule has 2 N–H and O–H groups in total. The lowest BCUT2D eigenvalue weighted by atomic mass is 9.59. The van der Waals surface area contributed by atoms with Crippen LogP contribution in [0.1, 0.15) is 51.9 Å². The van der Waals surface area contributed by atoms with Crippen molar-refractivity contribution in [2.45, 2.75) is 57.9 Å². The van der Waals surface area contributed by atoms with Crippen molar-refractivity contribution in [3.05, 3.63) is 0 Å². The summed E-state index contributed by atoms with van der Waals surface area (Å²) in [5.41, 5.74) is 6.84. The van der Waals surface area contributed by atoms with Gasteiger partial charge in [-0.1, -0.05) is 6.42 Å². The summed E-state index contributed by atoms with van der Waals surface area (Å²) < 4.78 is 0. The predicted molar refractivity (Wildman–Crippen MR) is 63.9 cm³/mol. The molecule has 90 valence electrons. The Balaban J connectivity index is 1.85. The van der Waals surface area contributed by atoms with Gasteiger partial charge in [-0.25, -0.2) is 0 Å². The van der Waals surface area contributed by atoms with Gasteiger partial charge >= 0.3 is 0 Å². The third-order valence-corrected chi connectivity index (χ3v) is 5.85. The fraction of sp³-hybridized carbons (Fsp3) is 0.929. The summed E-state index contributed by atoms with van der Waals surface area (Å²) >= 11 is 0. The Morgan fingerprint density at radius 3 is 2.75 bits per heavy atom. The molecule has 3 aliphatic rings. The lowest BCUT2D eigenvalue weighted by molar-refractivity contribution is -0.124. The normalized spacial score (nSPS) is 51.1. The second-order valence-corrected chi connectivity index (χ2v) is 6.43. The second-order valence-electron chi connectivity index (χ2n) is 6.43. The van der Waals surface area contributed by atoms with Crippen molar-refractivity contribution in [3.8, 4) is 0 Å². The van der Waals surface area contributed by atoms with E-state index in [0.29, 0.717) is 23.2 Å². The van der Waals surface area contributed by atoms with E-state index in [-0.39, 0.29) is 0 Å². The third-order valence-electron chi connectivity index (χ3n) is 5.85. The first-order valence-corrected chi connectivity index (χ1v) is 6.89. The Morgan fingerprint density at radius 1 is 1.31 bits per heavy atom. The minimum atomic E-state index is 0.319. The molecule has 5 atom stereocenters. The van der Waals surface area contributed by atoms with Crippen LogP contribution in [-0.2, 0) is 4.79 Å². The summed E-state index contributed by atoms with van der Waals surface area (Å²) in [6, 6.07) is 0.397. The molecule has 0 amide bonds. The highest BCUT2D eigenvalue weighted by molar-refractivity contribution is 5.78. The van der Waals surface area contributed by atoms with Gasteiger partial charge in [-0.2, -0.15) is 0 Å². The fourth-order valence-corrected chi connectivity index (χ4v) is 4.97. The number of carbonyl (C=O) groups excluding carboxylic acids is 1. The average Bonchev–Trinajstić information content (AvgIpc) is 2.84. The van der Waals surface area contributed by atoms with E-state index in [1.54, 1.807) is 6.92 Å². The Kier molecular flexibility index (Phi) is 2.39. The molecule has 2 bridgehead atoms. The van der Waals surface area contributed by atoms with Crippen molar-refractivity contribution >= 4 is 5.78 Å². The Bertz CT molecular complexity index is 310. The highest BCUT2D eigenvalue weighted by Crippen LogP contribution is 2.61. The maximum Gasteiger partial charge on any atom is 0.132 e. The number of hydrogen-bond acceptors (Lipinski definition) is 2. The number of hydrogen-bond donors (Lipinski definition) is 1. The van der Waals surface area contributed by atoms with E-state index in [1.807, 2.05) is 0 Å². The van der Waals surface area contributed by atoms with Gasteiger partial charge in [0.05, 0.1) is 0 Å². The molecule has 16 heavy (non-hydrogen) atoms. The van der Waals surface area contributed by atoms with Crippen LogP contribution in [0.15, 0.2) is 0 Å². The van der Waals surface area contributed by atoms with Crippen LogP contribution in [0.5, 0.6) is 0 Å². The Morgan fingerprint density at radius 2 is 2.12 bits per heavy atom. The van der Waals surface area contributed by atoms with Crippen LogP contribution >= 0.6 is 0 Å². The van der Waals surface area contributed by atoms with Crippen molar-refractivity contribution in [2.24, 2.45) is 28.9 Å². The van der Waals surface area contributed by atoms with Gasteiger partial charge < -0.3 is 5.73 Å². The zero-order chi connectivity index (χ0) is 11.3. The minimum Gasteiger partial charge on any atom is -0.327 e. The van der Waals surface area contributed by atoms with E-state index in [9.17, 15) is 4.79 Å². The van der Waals surface area contributed by atoms with Gasteiger partial charge in [-0.3, -0.25) is 4.79 Å². The maximum absolute atomic E-state index is 11.6. The van der Waals surface area contributed by atoms with Crippen LogP contribution in [0.25, 0.3) is 0 Å². The van der Waals surface area contributed by atoms with Gasteiger partial charge in [0.2, 0.25) is 0 Å². The molecular formula is C14H23NO. The van der Waals surface area contributed by atoms with Crippen molar-refractivity contribution in [2.75, 3.05) is 0 Å². The van der Waals surface area contributed by atoms with E-state index >= 15 is 0 Å². The quantitative estimate of drug-likeness (QED) is 0.739. The topological polar surface area (TPSA) is 43.1 Å². The minimum absolute atomic E-state index is 0.319. The summed E-state index contributed by atoms with van der Waals surface area (Å²) in [6.07, 6.45) is 8.80. The van der Waals surface area contributed by atoms with Gasteiger partial charge in [-0.05, 0) is 62.7 Å². The molecule has 0 aliphatic heterocycles. The fourth-order valence-electron chi connectivity index (χ4n) is 4.97. The Hall–Kier alpha value is -0.370. The van der Waals surface area contributed by atoms with Crippen molar-refractivity contribution in [1.82, 2.24) is 0 Å². The first-order valence-electron chi connectivity index (χ1n) is 6.89. The van der Waals surface area contributed by atoms with Gasteiger partial charge in [0, 0.05) is 12.0 Å². The number of nitrogens with two attached hydrogens (primary N) is 1. The van der Waals surface area contributed by atoms with Gasteiger partial charge in [0.15, 0.2) is 0 Å². The zero-order valence-electron chi connectivity index (χ0n) is 10.2. The van der Waals surface area contributed by atoms with Crippen LogP contribution < -0.4 is 5.73 Å². The summed E-state index contributed by atoms with van der Waals surface area (Å²) in [4.78, 5) is 11.6. The molecule has 0 aromatic heterocycles. The van der Waals surface area contributed by atoms with Crippen LogP contribution in [-0.4, -0.2) is 11.8 Å². The molecule has 0 saturated heterocycles. The zero-order valence-corrected chi connectivity index (χ0v) is 10.2. The molecule has 2 heteroatoms. The molecule has 0 heterocycles. The molecule has 0 aromatic carbocycles. The van der Waals surface area contributed by atoms with E-state index in [2.05, 4.69) is 0 Å². The second kappa shape index (κ2) is 3.56. The smallest absolute Gasteiger partial charge is 0.132 e. The van der Waals surface area contributed by atoms with Crippen LogP contribution in [0.4, 0.5) is 0 Å².